The van der Waals surface area contributed by atoms with E-state index < -0.39 is 5.54 Å². The van der Waals surface area contributed by atoms with Gasteiger partial charge in [-0.2, -0.15) is 0 Å². The lowest BCUT2D eigenvalue weighted by molar-refractivity contribution is -0.140. The first-order valence-corrected chi connectivity index (χ1v) is 6.57. The molecule has 2 fully saturated rings. The molecule has 17 heavy (non-hydrogen) atoms. The third-order valence-electron chi connectivity index (χ3n) is 3.96. The zero-order valence-corrected chi connectivity index (χ0v) is 10.4. The molecular formula is C12H23N3O2. The van der Waals surface area contributed by atoms with E-state index in [1.54, 1.807) is 0 Å². The monoisotopic (exact) mass is 241 g/mol. The van der Waals surface area contributed by atoms with Crippen molar-refractivity contribution in [3.63, 3.8) is 0 Å². The lowest BCUT2D eigenvalue weighted by Gasteiger charge is -2.40. The first-order chi connectivity index (χ1) is 8.15. The molecule has 0 aromatic heterocycles. The summed E-state index contributed by atoms with van der Waals surface area (Å²) in [6, 6.07) is 0. The van der Waals surface area contributed by atoms with Crippen molar-refractivity contribution < 1.29 is 9.90 Å². The van der Waals surface area contributed by atoms with E-state index in [1.807, 2.05) is 4.90 Å². The zero-order valence-electron chi connectivity index (χ0n) is 10.4. The molecule has 0 spiro atoms. The molecule has 2 aliphatic rings. The van der Waals surface area contributed by atoms with Crippen LogP contribution < -0.4 is 5.73 Å². The van der Waals surface area contributed by atoms with E-state index in [2.05, 4.69) is 4.90 Å². The third-order valence-corrected chi connectivity index (χ3v) is 3.96. The van der Waals surface area contributed by atoms with E-state index in [1.165, 1.54) is 0 Å². The van der Waals surface area contributed by atoms with Gasteiger partial charge in [0.25, 0.3) is 0 Å². The number of aliphatic hydroxyl groups excluding tert-OH is 1. The molecule has 0 aromatic carbocycles. The smallest absolute Gasteiger partial charge is 0.242 e. The number of carbonyl (C=O) groups is 1. The van der Waals surface area contributed by atoms with E-state index in [0.29, 0.717) is 6.54 Å². The fourth-order valence-electron chi connectivity index (χ4n) is 2.63. The van der Waals surface area contributed by atoms with Crippen LogP contribution in [-0.4, -0.2) is 65.7 Å². The largest absolute Gasteiger partial charge is 0.395 e. The van der Waals surface area contributed by atoms with Crippen LogP contribution in [0.1, 0.15) is 25.7 Å². The van der Waals surface area contributed by atoms with E-state index >= 15 is 0 Å². The molecule has 1 heterocycles. The Hall–Kier alpha value is -0.650. The van der Waals surface area contributed by atoms with Gasteiger partial charge in [-0.15, -0.1) is 0 Å². The number of carbonyl (C=O) groups excluding carboxylic acids is 1. The van der Waals surface area contributed by atoms with Gasteiger partial charge < -0.3 is 15.7 Å². The third kappa shape index (κ3) is 2.78. The van der Waals surface area contributed by atoms with Crippen LogP contribution in [0.5, 0.6) is 0 Å². The fourth-order valence-corrected chi connectivity index (χ4v) is 2.63. The van der Waals surface area contributed by atoms with Crippen LogP contribution in [-0.2, 0) is 4.79 Å². The number of β-amino-alcohol motifs (C(OH)–C–C–N with tert-alkyl or cyclic N) is 1. The number of nitrogens with two attached hydrogens (primary N) is 1. The highest BCUT2D eigenvalue weighted by molar-refractivity contribution is 5.87. The van der Waals surface area contributed by atoms with Crippen LogP contribution in [0.15, 0.2) is 0 Å². The first-order valence-electron chi connectivity index (χ1n) is 6.57. The van der Waals surface area contributed by atoms with Crippen molar-refractivity contribution in [3.05, 3.63) is 0 Å². The number of hydrogen-bond donors (Lipinski definition) is 2. The van der Waals surface area contributed by atoms with Crippen LogP contribution in [0.3, 0.4) is 0 Å². The van der Waals surface area contributed by atoms with Crippen molar-refractivity contribution in [1.29, 1.82) is 0 Å². The lowest BCUT2D eigenvalue weighted by Crippen LogP contribution is -2.60. The number of rotatable bonds is 3. The van der Waals surface area contributed by atoms with Crippen molar-refractivity contribution in [2.24, 2.45) is 5.73 Å². The van der Waals surface area contributed by atoms with Gasteiger partial charge in [0.2, 0.25) is 5.91 Å². The lowest BCUT2D eigenvalue weighted by atomic mass is 9.76. The minimum atomic E-state index is -0.563. The van der Waals surface area contributed by atoms with Crippen molar-refractivity contribution >= 4 is 5.91 Å². The Morgan fingerprint density at radius 2 is 1.94 bits per heavy atom. The molecule has 1 aliphatic heterocycles. The van der Waals surface area contributed by atoms with Gasteiger partial charge >= 0.3 is 0 Å². The van der Waals surface area contributed by atoms with Crippen molar-refractivity contribution in [3.8, 4) is 0 Å². The normalized spacial score (nSPS) is 25.2. The molecule has 0 radical (unpaired) electrons. The highest BCUT2D eigenvalue weighted by atomic mass is 16.3. The molecule has 0 atom stereocenters. The molecule has 0 unspecified atom stereocenters. The summed E-state index contributed by atoms with van der Waals surface area (Å²) in [4.78, 5) is 16.4. The van der Waals surface area contributed by atoms with Crippen LogP contribution in [0.25, 0.3) is 0 Å². The number of aliphatic hydroxyl groups is 1. The molecule has 0 bridgehead atoms. The average Bonchev–Trinajstić information content (AvgIpc) is 2.51. The average molecular weight is 241 g/mol. The van der Waals surface area contributed by atoms with E-state index in [-0.39, 0.29) is 12.5 Å². The van der Waals surface area contributed by atoms with Crippen LogP contribution in [0, 0.1) is 0 Å². The topological polar surface area (TPSA) is 69.8 Å². The molecule has 0 aromatic rings. The molecule has 1 amide bonds. The maximum Gasteiger partial charge on any atom is 0.242 e. The summed E-state index contributed by atoms with van der Waals surface area (Å²) in [6.07, 6.45) is 3.72. The van der Waals surface area contributed by atoms with Gasteiger partial charge in [-0.1, -0.05) is 0 Å². The SMILES string of the molecule is NC1(C(=O)N2CCCN(CCO)CC2)CCC1. The van der Waals surface area contributed by atoms with E-state index in [9.17, 15) is 4.79 Å². The Morgan fingerprint density at radius 1 is 1.18 bits per heavy atom. The molecule has 5 heteroatoms. The van der Waals surface area contributed by atoms with Gasteiger partial charge in [0.05, 0.1) is 12.1 Å². The Labute approximate surface area is 103 Å². The summed E-state index contributed by atoms with van der Waals surface area (Å²) < 4.78 is 0. The number of nitrogens with zero attached hydrogens (tertiary/aromatic N) is 2. The molecule has 5 nitrogen and oxygen atoms in total. The minimum absolute atomic E-state index is 0.134. The number of hydrogen-bond acceptors (Lipinski definition) is 4. The summed E-state index contributed by atoms with van der Waals surface area (Å²) in [6.45, 7) is 4.26. The molecule has 1 aliphatic carbocycles. The number of amides is 1. The maximum absolute atomic E-state index is 12.3. The van der Waals surface area contributed by atoms with Gasteiger partial charge in [0.15, 0.2) is 0 Å². The van der Waals surface area contributed by atoms with Crippen LogP contribution in [0.4, 0.5) is 0 Å². The minimum Gasteiger partial charge on any atom is -0.395 e. The highest BCUT2D eigenvalue weighted by Gasteiger charge is 2.42. The Kier molecular flexibility index (Phi) is 4.01. The van der Waals surface area contributed by atoms with Gasteiger partial charge in [0.1, 0.15) is 0 Å². The molecule has 3 N–H and O–H groups in total. The molecule has 1 saturated heterocycles. The molecule has 98 valence electrons. The van der Waals surface area contributed by atoms with Crippen molar-refractivity contribution in [1.82, 2.24) is 9.80 Å². The second kappa shape index (κ2) is 5.33. The van der Waals surface area contributed by atoms with Crippen LogP contribution in [0.2, 0.25) is 0 Å². The van der Waals surface area contributed by atoms with Gasteiger partial charge in [-0.3, -0.25) is 9.69 Å². The summed E-state index contributed by atoms with van der Waals surface area (Å²) in [5, 5.41) is 8.92. The second-order valence-electron chi connectivity index (χ2n) is 5.22. The summed E-state index contributed by atoms with van der Waals surface area (Å²) in [5.41, 5.74) is 5.51. The maximum atomic E-state index is 12.3. The molecule has 1 saturated carbocycles. The van der Waals surface area contributed by atoms with Crippen molar-refractivity contribution in [2.75, 3.05) is 39.3 Å². The summed E-state index contributed by atoms with van der Waals surface area (Å²) >= 11 is 0. The van der Waals surface area contributed by atoms with Gasteiger partial charge in [-0.25, -0.2) is 0 Å². The molecular weight excluding hydrogens is 218 g/mol. The van der Waals surface area contributed by atoms with Crippen LogP contribution >= 0.6 is 0 Å². The second-order valence-corrected chi connectivity index (χ2v) is 5.22. The summed E-state index contributed by atoms with van der Waals surface area (Å²) in [5.74, 6) is 0.134. The predicted octanol–water partition coefficient (Wildman–Crippen LogP) is -0.606. The zero-order chi connectivity index (χ0) is 12.3. The van der Waals surface area contributed by atoms with E-state index in [0.717, 1.165) is 51.9 Å². The first kappa shape index (κ1) is 12.8. The Balaban J connectivity index is 1.87. The standard InChI is InChI=1S/C12H23N3O2/c13-12(3-1-4-12)11(17)15-6-2-5-14(7-8-15)9-10-16/h16H,1-10,13H2. The fraction of sp³-hybridized carbons (Fsp3) is 0.917. The molecule has 2 rings (SSSR count). The summed E-state index contributed by atoms with van der Waals surface area (Å²) in [7, 11) is 0. The predicted molar refractivity (Wildman–Crippen MR) is 65.5 cm³/mol. The Bertz CT molecular complexity index is 279. The van der Waals surface area contributed by atoms with Crippen molar-refractivity contribution in [2.45, 2.75) is 31.2 Å². The Morgan fingerprint density at radius 3 is 2.53 bits per heavy atom. The quantitative estimate of drug-likeness (QED) is 0.692. The highest BCUT2D eigenvalue weighted by Crippen LogP contribution is 2.31. The van der Waals surface area contributed by atoms with Gasteiger partial charge in [-0.05, 0) is 32.2 Å². The van der Waals surface area contributed by atoms with E-state index in [4.69, 9.17) is 10.8 Å². The van der Waals surface area contributed by atoms with Gasteiger partial charge in [0, 0.05) is 26.2 Å².